The summed E-state index contributed by atoms with van der Waals surface area (Å²) in [6, 6.07) is 6.13. The summed E-state index contributed by atoms with van der Waals surface area (Å²) in [4.78, 5) is 11.8. The number of hydrogen-bond donors (Lipinski definition) is 2. The van der Waals surface area contributed by atoms with Crippen LogP contribution in [-0.4, -0.2) is 27.3 Å². The van der Waals surface area contributed by atoms with Crippen LogP contribution >= 0.6 is 0 Å². The maximum atomic E-state index is 13.5. The van der Waals surface area contributed by atoms with E-state index in [0.29, 0.717) is 11.1 Å². The fourth-order valence-corrected chi connectivity index (χ4v) is 1.95. The van der Waals surface area contributed by atoms with Crippen LogP contribution in [0.5, 0.6) is 0 Å². The number of carbonyl (C=O) groups excluding carboxylic acids is 1. The van der Waals surface area contributed by atoms with E-state index in [0.717, 1.165) is 0 Å². The first kappa shape index (κ1) is 15.2. The molecule has 0 saturated heterocycles. The molecule has 1 aromatic heterocycles. The molecule has 21 heavy (non-hydrogen) atoms. The maximum absolute atomic E-state index is 13.5. The third kappa shape index (κ3) is 3.88. The summed E-state index contributed by atoms with van der Waals surface area (Å²) < 4.78 is 15.0. The first-order chi connectivity index (χ1) is 9.88. The van der Waals surface area contributed by atoms with E-state index in [1.54, 1.807) is 49.2 Å². The van der Waals surface area contributed by atoms with Crippen molar-refractivity contribution < 1.29 is 14.3 Å². The van der Waals surface area contributed by atoms with Crippen molar-refractivity contribution in [2.24, 2.45) is 7.05 Å². The molecule has 0 radical (unpaired) electrons. The lowest BCUT2D eigenvalue weighted by Crippen LogP contribution is -2.39. The molecule has 5 nitrogen and oxygen atoms in total. The Kier molecular flexibility index (Phi) is 4.37. The highest BCUT2D eigenvalue weighted by atomic mass is 19.1. The smallest absolute Gasteiger partial charge is 0.224 e. The van der Waals surface area contributed by atoms with E-state index in [1.165, 1.54) is 6.07 Å². The van der Waals surface area contributed by atoms with Crippen molar-refractivity contribution in [3.05, 3.63) is 53.6 Å². The molecule has 112 valence electrons. The molecule has 0 aliphatic carbocycles. The van der Waals surface area contributed by atoms with Crippen LogP contribution in [-0.2, 0) is 23.9 Å². The Hall–Kier alpha value is -2.21. The second-order valence-corrected chi connectivity index (χ2v) is 5.22. The molecule has 0 bridgehead atoms. The number of rotatable bonds is 5. The van der Waals surface area contributed by atoms with E-state index in [9.17, 15) is 14.3 Å². The predicted octanol–water partition coefficient (Wildman–Crippen LogP) is 1.13. The summed E-state index contributed by atoms with van der Waals surface area (Å²) in [7, 11) is 1.75. The molecule has 0 fully saturated rings. The number of hydrogen-bond acceptors (Lipinski definition) is 3. The van der Waals surface area contributed by atoms with Gasteiger partial charge in [-0.2, -0.15) is 5.10 Å². The van der Waals surface area contributed by atoms with Gasteiger partial charge in [-0.3, -0.25) is 9.48 Å². The highest BCUT2D eigenvalue weighted by Gasteiger charge is 2.25. The van der Waals surface area contributed by atoms with Gasteiger partial charge in [0.2, 0.25) is 5.91 Å². The number of amides is 1. The molecule has 1 atom stereocenters. The Labute approximate surface area is 122 Å². The van der Waals surface area contributed by atoms with Gasteiger partial charge in [0.1, 0.15) is 11.4 Å². The van der Waals surface area contributed by atoms with Gasteiger partial charge in [-0.25, -0.2) is 4.39 Å². The number of halogens is 1. The number of aliphatic hydroxyl groups is 1. The molecule has 0 spiro atoms. The summed E-state index contributed by atoms with van der Waals surface area (Å²) in [6.07, 6.45) is 3.17. The first-order valence-corrected chi connectivity index (χ1v) is 6.60. The second kappa shape index (κ2) is 6.05. The molecule has 1 unspecified atom stereocenters. The van der Waals surface area contributed by atoms with Crippen LogP contribution in [0.1, 0.15) is 18.1 Å². The zero-order valence-corrected chi connectivity index (χ0v) is 12.0. The van der Waals surface area contributed by atoms with Crippen LogP contribution in [0.2, 0.25) is 0 Å². The number of aryl methyl sites for hydroxylation is 1. The SMILES string of the molecule is Cn1cc(C(C)(O)CNC(=O)Cc2ccccc2F)cn1. The molecule has 1 amide bonds. The van der Waals surface area contributed by atoms with Crippen molar-refractivity contribution >= 4 is 5.91 Å². The minimum Gasteiger partial charge on any atom is -0.383 e. The van der Waals surface area contributed by atoms with Crippen LogP contribution < -0.4 is 5.32 Å². The maximum Gasteiger partial charge on any atom is 0.224 e. The standard InChI is InChI=1S/C15H18FN3O2/c1-15(21,12-8-18-19(2)9-12)10-17-14(20)7-11-5-3-4-6-13(11)16/h3-6,8-9,21H,7,10H2,1-2H3,(H,17,20). The summed E-state index contributed by atoms with van der Waals surface area (Å²) in [5, 5.41) is 16.9. The van der Waals surface area contributed by atoms with Gasteiger partial charge in [0.25, 0.3) is 0 Å². The minimum atomic E-state index is -1.22. The Balaban J connectivity index is 1.93. The molecular weight excluding hydrogens is 273 g/mol. The lowest BCUT2D eigenvalue weighted by atomic mass is 9.99. The van der Waals surface area contributed by atoms with Gasteiger partial charge in [-0.05, 0) is 18.6 Å². The number of nitrogens with one attached hydrogen (secondary N) is 1. The molecule has 1 heterocycles. The molecule has 0 saturated carbocycles. The fourth-order valence-electron chi connectivity index (χ4n) is 1.95. The van der Waals surface area contributed by atoms with Crippen LogP contribution in [0.3, 0.4) is 0 Å². The van der Waals surface area contributed by atoms with Crippen molar-refractivity contribution in [1.29, 1.82) is 0 Å². The Morgan fingerprint density at radius 1 is 1.48 bits per heavy atom. The zero-order chi connectivity index (χ0) is 15.5. The quantitative estimate of drug-likeness (QED) is 0.867. The molecular formula is C15H18FN3O2. The second-order valence-electron chi connectivity index (χ2n) is 5.22. The van der Waals surface area contributed by atoms with Crippen molar-refractivity contribution in [3.8, 4) is 0 Å². The molecule has 2 N–H and O–H groups in total. The van der Waals surface area contributed by atoms with Crippen molar-refractivity contribution in [2.45, 2.75) is 18.9 Å². The highest BCUT2D eigenvalue weighted by Crippen LogP contribution is 2.18. The van der Waals surface area contributed by atoms with E-state index in [1.807, 2.05) is 0 Å². The van der Waals surface area contributed by atoms with Gasteiger partial charge in [0.05, 0.1) is 19.2 Å². The lowest BCUT2D eigenvalue weighted by Gasteiger charge is -2.22. The van der Waals surface area contributed by atoms with E-state index in [4.69, 9.17) is 0 Å². The predicted molar refractivity (Wildman–Crippen MR) is 75.9 cm³/mol. The summed E-state index contributed by atoms with van der Waals surface area (Å²) in [5.74, 6) is -0.754. The molecule has 2 rings (SSSR count). The number of benzene rings is 1. The third-order valence-corrected chi connectivity index (χ3v) is 3.27. The average molecular weight is 291 g/mol. The van der Waals surface area contributed by atoms with Gasteiger partial charge in [-0.1, -0.05) is 18.2 Å². The highest BCUT2D eigenvalue weighted by molar-refractivity contribution is 5.78. The molecule has 6 heteroatoms. The normalized spacial score (nSPS) is 13.7. The van der Waals surface area contributed by atoms with E-state index < -0.39 is 11.4 Å². The first-order valence-electron chi connectivity index (χ1n) is 6.60. The van der Waals surface area contributed by atoms with Crippen molar-refractivity contribution in [1.82, 2.24) is 15.1 Å². The summed E-state index contributed by atoms with van der Waals surface area (Å²) >= 11 is 0. The zero-order valence-electron chi connectivity index (χ0n) is 12.0. The van der Waals surface area contributed by atoms with Crippen LogP contribution in [0, 0.1) is 5.82 Å². The van der Waals surface area contributed by atoms with E-state index >= 15 is 0 Å². The topological polar surface area (TPSA) is 67.2 Å². The summed E-state index contributed by atoms with van der Waals surface area (Å²) in [6.45, 7) is 1.62. The van der Waals surface area contributed by atoms with Gasteiger partial charge in [0, 0.05) is 18.8 Å². The molecule has 1 aromatic carbocycles. The van der Waals surface area contributed by atoms with Crippen molar-refractivity contribution in [3.63, 3.8) is 0 Å². The average Bonchev–Trinajstić information content (AvgIpc) is 2.87. The number of aromatic nitrogens is 2. The monoisotopic (exact) mass is 291 g/mol. The fraction of sp³-hybridized carbons (Fsp3) is 0.333. The Morgan fingerprint density at radius 3 is 2.81 bits per heavy atom. The van der Waals surface area contributed by atoms with Gasteiger partial charge >= 0.3 is 0 Å². The van der Waals surface area contributed by atoms with E-state index in [-0.39, 0.29) is 18.9 Å². The van der Waals surface area contributed by atoms with Crippen molar-refractivity contribution in [2.75, 3.05) is 6.54 Å². The largest absolute Gasteiger partial charge is 0.383 e. The van der Waals surface area contributed by atoms with Crippen LogP contribution in [0.25, 0.3) is 0 Å². The Morgan fingerprint density at radius 2 is 2.19 bits per heavy atom. The summed E-state index contributed by atoms with van der Waals surface area (Å²) in [5.41, 5.74) is -0.286. The minimum absolute atomic E-state index is 0.0337. The van der Waals surface area contributed by atoms with E-state index in [2.05, 4.69) is 10.4 Å². The third-order valence-electron chi connectivity index (χ3n) is 3.27. The van der Waals surface area contributed by atoms with Gasteiger partial charge in [0.15, 0.2) is 0 Å². The van der Waals surface area contributed by atoms with Gasteiger partial charge < -0.3 is 10.4 Å². The van der Waals surface area contributed by atoms with Crippen LogP contribution in [0.4, 0.5) is 4.39 Å². The van der Waals surface area contributed by atoms with Gasteiger partial charge in [-0.15, -0.1) is 0 Å². The molecule has 0 aliphatic heterocycles. The lowest BCUT2D eigenvalue weighted by molar-refractivity contribution is -0.121. The number of carbonyl (C=O) groups is 1. The molecule has 0 aliphatic rings. The Bertz CT molecular complexity index is 637. The van der Waals surface area contributed by atoms with Crippen LogP contribution in [0.15, 0.2) is 36.7 Å². The number of nitrogens with zero attached hydrogens (tertiary/aromatic N) is 2. The molecule has 2 aromatic rings.